The van der Waals surface area contributed by atoms with Gasteiger partial charge < -0.3 is 5.73 Å². The predicted octanol–water partition coefficient (Wildman–Crippen LogP) is 1.68. The molecule has 6 heteroatoms. The van der Waals surface area contributed by atoms with Crippen molar-refractivity contribution >= 4 is 21.5 Å². The van der Waals surface area contributed by atoms with Crippen LogP contribution in [0, 0.1) is 18.3 Å². The Labute approximate surface area is 108 Å². The van der Waals surface area contributed by atoms with E-state index in [0.717, 1.165) is 5.56 Å². The molecule has 1 aromatic carbocycles. The molecule has 0 atom stereocenters. The number of amidine groups is 1. The maximum atomic E-state index is 11.8. The van der Waals surface area contributed by atoms with Gasteiger partial charge in [0.1, 0.15) is 5.84 Å². The van der Waals surface area contributed by atoms with Crippen LogP contribution in [-0.4, -0.2) is 20.0 Å². The molecule has 0 aliphatic carbocycles. The number of nitrogens with two attached hydrogens (primary N) is 1. The van der Waals surface area contributed by atoms with E-state index in [2.05, 4.69) is 4.72 Å². The van der Waals surface area contributed by atoms with Crippen molar-refractivity contribution in [3.63, 3.8) is 0 Å². The summed E-state index contributed by atoms with van der Waals surface area (Å²) in [4.78, 5) is 0. The third kappa shape index (κ3) is 4.03. The maximum Gasteiger partial charge on any atom is 0.232 e. The van der Waals surface area contributed by atoms with Gasteiger partial charge in [-0.25, -0.2) is 8.42 Å². The number of hydrogen-bond donors (Lipinski definition) is 3. The molecule has 0 aromatic heterocycles. The second-order valence-electron chi connectivity index (χ2n) is 4.72. The van der Waals surface area contributed by atoms with E-state index in [-0.39, 0.29) is 17.5 Å². The third-order valence-electron chi connectivity index (χ3n) is 2.37. The molecule has 4 N–H and O–H groups in total. The smallest absolute Gasteiger partial charge is 0.232 e. The van der Waals surface area contributed by atoms with E-state index in [4.69, 9.17) is 11.1 Å². The maximum absolute atomic E-state index is 11.8. The minimum absolute atomic E-state index is 0.0544. The van der Waals surface area contributed by atoms with Crippen LogP contribution >= 0.6 is 0 Å². The van der Waals surface area contributed by atoms with Crippen LogP contribution in [0.3, 0.4) is 0 Å². The lowest BCUT2D eigenvalue weighted by Crippen LogP contribution is -2.21. The van der Waals surface area contributed by atoms with Crippen LogP contribution in [0.1, 0.15) is 25.0 Å². The van der Waals surface area contributed by atoms with E-state index in [1.807, 2.05) is 13.8 Å². The number of sulfonamides is 1. The lowest BCUT2D eigenvalue weighted by atomic mass is 10.1. The quantitative estimate of drug-likeness (QED) is 0.560. The topological polar surface area (TPSA) is 96.0 Å². The Balaban J connectivity index is 3.04. The molecular weight excluding hydrogens is 250 g/mol. The average molecular weight is 269 g/mol. The fourth-order valence-corrected chi connectivity index (χ4v) is 3.06. The fraction of sp³-hybridized carbons (Fsp3) is 0.417. The Hall–Kier alpha value is -1.56. The molecule has 5 nitrogen and oxygen atoms in total. The fourth-order valence-electron chi connectivity index (χ4n) is 1.55. The third-order valence-corrected chi connectivity index (χ3v) is 4.00. The molecule has 1 rings (SSSR count). The molecule has 0 aliphatic heterocycles. The summed E-state index contributed by atoms with van der Waals surface area (Å²) in [6.07, 6.45) is 0. The molecule has 0 heterocycles. The number of aryl methyl sites for hydroxylation is 1. The van der Waals surface area contributed by atoms with Crippen molar-refractivity contribution in [2.24, 2.45) is 11.7 Å². The number of anilines is 1. The molecular formula is C12H19N3O2S. The first-order valence-electron chi connectivity index (χ1n) is 5.67. The Morgan fingerprint density at radius 1 is 1.44 bits per heavy atom. The zero-order valence-corrected chi connectivity index (χ0v) is 11.6. The van der Waals surface area contributed by atoms with Gasteiger partial charge >= 0.3 is 0 Å². The molecule has 0 saturated heterocycles. The van der Waals surface area contributed by atoms with Gasteiger partial charge in [0.25, 0.3) is 0 Å². The van der Waals surface area contributed by atoms with Gasteiger partial charge in [-0.1, -0.05) is 26.0 Å². The standard InChI is InChI=1S/C12H19N3O2S/c1-8(2)7-18(16,17)15-11-6-10(12(13)14)5-4-9(11)3/h4-6,8,15H,7H2,1-3H3,(H3,13,14). The molecule has 0 unspecified atom stereocenters. The van der Waals surface area contributed by atoms with Gasteiger partial charge in [0.15, 0.2) is 0 Å². The minimum Gasteiger partial charge on any atom is -0.384 e. The van der Waals surface area contributed by atoms with Gasteiger partial charge in [-0.2, -0.15) is 0 Å². The Morgan fingerprint density at radius 3 is 2.56 bits per heavy atom. The zero-order chi connectivity index (χ0) is 13.9. The van der Waals surface area contributed by atoms with E-state index in [1.54, 1.807) is 25.1 Å². The van der Waals surface area contributed by atoms with E-state index >= 15 is 0 Å². The SMILES string of the molecule is Cc1ccc(C(=N)N)cc1NS(=O)(=O)CC(C)C. The second kappa shape index (κ2) is 5.39. The summed E-state index contributed by atoms with van der Waals surface area (Å²) in [6.45, 7) is 5.49. The lowest BCUT2D eigenvalue weighted by Gasteiger charge is -2.13. The van der Waals surface area contributed by atoms with Crippen LogP contribution in [0.2, 0.25) is 0 Å². The number of nitrogen functional groups attached to an aromatic ring is 1. The number of rotatable bonds is 5. The Morgan fingerprint density at radius 2 is 2.06 bits per heavy atom. The van der Waals surface area contributed by atoms with Crippen molar-refractivity contribution in [3.8, 4) is 0 Å². The summed E-state index contributed by atoms with van der Waals surface area (Å²) in [6, 6.07) is 5.01. The normalized spacial score (nSPS) is 11.6. The van der Waals surface area contributed by atoms with E-state index in [9.17, 15) is 8.42 Å². The largest absolute Gasteiger partial charge is 0.384 e. The highest BCUT2D eigenvalue weighted by atomic mass is 32.2. The van der Waals surface area contributed by atoms with Gasteiger partial charge in [0, 0.05) is 5.56 Å². The Kier molecular flexibility index (Phi) is 4.34. The minimum atomic E-state index is -3.36. The highest BCUT2D eigenvalue weighted by Crippen LogP contribution is 2.18. The summed E-state index contributed by atoms with van der Waals surface area (Å²) in [5.74, 6) is 0.0367. The lowest BCUT2D eigenvalue weighted by molar-refractivity contribution is 0.587. The van der Waals surface area contributed by atoms with Crippen molar-refractivity contribution in [1.29, 1.82) is 5.41 Å². The van der Waals surface area contributed by atoms with Gasteiger partial charge in [-0.15, -0.1) is 0 Å². The molecule has 0 bridgehead atoms. The van der Waals surface area contributed by atoms with Crippen molar-refractivity contribution in [2.75, 3.05) is 10.5 Å². The number of hydrogen-bond acceptors (Lipinski definition) is 3. The zero-order valence-electron chi connectivity index (χ0n) is 10.8. The van der Waals surface area contributed by atoms with Crippen LogP contribution in [0.5, 0.6) is 0 Å². The average Bonchev–Trinajstić information content (AvgIpc) is 2.18. The number of benzene rings is 1. The number of nitrogens with one attached hydrogen (secondary N) is 2. The van der Waals surface area contributed by atoms with Crippen LogP contribution < -0.4 is 10.5 Å². The molecule has 0 fully saturated rings. The highest BCUT2D eigenvalue weighted by molar-refractivity contribution is 7.92. The summed E-state index contributed by atoms with van der Waals surface area (Å²) < 4.78 is 26.2. The van der Waals surface area contributed by atoms with Crippen LogP contribution in [0.4, 0.5) is 5.69 Å². The summed E-state index contributed by atoms with van der Waals surface area (Å²) in [7, 11) is -3.36. The van der Waals surface area contributed by atoms with E-state index < -0.39 is 10.0 Å². The molecule has 1 aromatic rings. The monoisotopic (exact) mass is 269 g/mol. The summed E-state index contributed by atoms with van der Waals surface area (Å²) in [5.41, 5.74) is 7.16. The molecule has 0 radical (unpaired) electrons. The molecule has 0 spiro atoms. The first-order valence-corrected chi connectivity index (χ1v) is 7.32. The highest BCUT2D eigenvalue weighted by Gasteiger charge is 2.14. The summed E-state index contributed by atoms with van der Waals surface area (Å²) >= 11 is 0. The van der Waals surface area contributed by atoms with Crippen molar-refractivity contribution in [1.82, 2.24) is 0 Å². The van der Waals surface area contributed by atoms with Crippen molar-refractivity contribution < 1.29 is 8.42 Å². The van der Waals surface area contributed by atoms with E-state index in [0.29, 0.717) is 11.3 Å². The van der Waals surface area contributed by atoms with Gasteiger partial charge in [0.05, 0.1) is 11.4 Å². The van der Waals surface area contributed by atoms with Crippen LogP contribution in [0.15, 0.2) is 18.2 Å². The molecule has 0 saturated carbocycles. The van der Waals surface area contributed by atoms with E-state index in [1.165, 1.54) is 0 Å². The Bertz CT molecular complexity index is 550. The summed E-state index contributed by atoms with van der Waals surface area (Å²) in [5, 5.41) is 7.35. The molecule has 18 heavy (non-hydrogen) atoms. The first kappa shape index (κ1) is 14.5. The first-order chi connectivity index (χ1) is 8.21. The van der Waals surface area contributed by atoms with Crippen LogP contribution in [-0.2, 0) is 10.0 Å². The molecule has 0 amide bonds. The molecule has 0 aliphatic rings. The predicted molar refractivity (Wildman–Crippen MR) is 74.4 cm³/mol. The molecule has 100 valence electrons. The second-order valence-corrected chi connectivity index (χ2v) is 6.49. The van der Waals surface area contributed by atoms with Gasteiger partial charge in [-0.05, 0) is 24.5 Å². The van der Waals surface area contributed by atoms with Gasteiger partial charge in [-0.3, -0.25) is 10.1 Å². The van der Waals surface area contributed by atoms with Crippen molar-refractivity contribution in [2.45, 2.75) is 20.8 Å². The van der Waals surface area contributed by atoms with Crippen molar-refractivity contribution in [3.05, 3.63) is 29.3 Å². The van der Waals surface area contributed by atoms with Crippen LogP contribution in [0.25, 0.3) is 0 Å². The van der Waals surface area contributed by atoms with Gasteiger partial charge in [0.2, 0.25) is 10.0 Å².